The first kappa shape index (κ1) is 22.5. The van der Waals surface area contributed by atoms with Crippen LogP contribution in [0.4, 0.5) is 10.1 Å². The number of nitrogens with one attached hydrogen (secondary N) is 1. The van der Waals surface area contributed by atoms with Crippen LogP contribution in [0.2, 0.25) is 0 Å². The minimum atomic E-state index is -4.04. The SMILES string of the molecule is Cc1nc(Cc2ccccc2)sc1C(=O)Nc1ccc(F)c(S(=O)(=O)N2CCOCC2)c1. The highest BCUT2D eigenvalue weighted by Gasteiger charge is 2.29. The lowest BCUT2D eigenvalue weighted by Gasteiger charge is -2.26. The summed E-state index contributed by atoms with van der Waals surface area (Å²) in [6, 6.07) is 13.3. The number of morpholine rings is 1. The van der Waals surface area contributed by atoms with Gasteiger partial charge in [-0.25, -0.2) is 17.8 Å². The molecule has 1 amide bonds. The molecule has 0 radical (unpaired) electrons. The molecule has 0 bridgehead atoms. The highest BCUT2D eigenvalue weighted by molar-refractivity contribution is 7.89. The normalized spacial score (nSPS) is 14.9. The lowest BCUT2D eigenvalue weighted by Crippen LogP contribution is -2.40. The van der Waals surface area contributed by atoms with Crippen molar-refractivity contribution < 1.29 is 22.3 Å². The molecular weight excluding hydrogens is 453 g/mol. The number of carbonyl (C=O) groups excluding carboxylic acids is 1. The number of benzene rings is 2. The molecular formula is C22H22FN3O4S2. The van der Waals surface area contributed by atoms with E-state index in [-0.39, 0.29) is 32.0 Å². The molecule has 4 rings (SSSR count). The molecule has 1 N–H and O–H groups in total. The number of rotatable bonds is 6. The smallest absolute Gasteiger partial charge is 0.267 e. The number of hydrogen-bond donors (Lipinski definition) is 1. The van der Waals surface area contributed by atoms with Crippen LogP contribution in [0.3, 0.4) is 0 Å². The van der Waals surface area contributed by atoms with Crippen molar-refractivity contribution in [2.24, 2.45) is 0 Å². The second-order valence-corrected chi connectivity index (χ2v) is 10.3. The number of aromatic nitrogens is 1. The number of thiazole rings is 1. The van der Waals surface area contributed by atoms with E-state index in [0.29, 0.717) is 17.0 Å². The third-order valence-corrected chi connectivity index (χ3v) is 8.09. The van der Waals surface area contributed by atoms with Gasteiger partial charge >= 0.3 is 0 Å². The lowest BCUT2D eigenvalue weighted by atomic mass is 10.2. The fourth-order valence-electron chi connectivity index (χ4n) is 3.40. The Kier molecular flexibility index (Phi) is 6.66. The Morgan fingerprint density at radius 2 is 1.91 bits per heavy atom. The second kappa shape index (κ2) is 9.45. The van der Waals surface area contributed by atoms with Crippen molar-refractivity contribution in [3.8, 4) is 0 Å². The van der Waals surface area contributed by atoms with E-state index in [9.17, 15) is 17.6 Å². The van der Waals surface area contributed by atoms with E-state index in [0.717, 1.165) is 22.7 Å². The molecule has 1 aromatic heterocycles. The van der Waals surface area contributed by atoms with Crippen molar-refractivity contribution in [2.45, 2.75) is 18.2 Å². The summed E-state index contributed by atoms with van der Waals surface area (Å²) in [5.41, 5.74) is 1.87. The molecule has 168 valence electrons. The van der Waals surface area contributed by atoms with Crippen LogP contribution in [-0.2, 0) is 21.2 Å². The zero-order valence-corrected chi connectivity index (χ0v) is 19.0. The molecule has 0 atom stereocenters. The van der Waals surface area contributed by atoms with Crippen LogP contribution in [0.1, 0.15) is 25.9 Å². The summed E-state index contributed by atoms with van der Waals surface area (Å²) in [4.78, 5) is 17.3. The maximum Gasteiger partial charge on any atom is 0.267 e. The number of carbonyl (C=O) groups is 1. The van der Waals surface area contributed by atoms with E-state index in [1.807, 2.05) is 30.3 Å². The van der Waals surface area contributed by atoms with Gasteiger partial charge < -0.3 is 10.1 Å². The van der Waals surface area contributed by atoms with Crippen molar-refractivity contribution in [1.82, 2.24) is 9.29 Å². The van der Waals surface area contributed by atoms with Gasteiger partial charge in [-0.3, -0.25) is 4.79 Å². The average molecular weight is 476 g/mol. The molecule has 10 heteroatoms. The standard InChI is InChI=1S/C22H22FN3O4S2/c1-15-21(31-20(24-15)13-16-5-3-2-4-6-16)22(27)25-17-7-8-18(23)19(14-17)32(28,29)26-9-11-30-12-10-26/h2-8,14H,9-13H2,1H3,(H,25,27). The molecule has 0 spiro atoms. The Bertz CT molecular complexity index is 1220. The molecule has 7 nitrogen and oxygen atoms in total. The second-order valence-electron chi connectivity index (χ2n) is 7.30. The van der Waals surface area contributed by atoms with Gasteiger partial charge in [-0.15, -0.1) is 11.3 Å². The predicted octanol–water partition coefficient (Wildman–Crippen LogP) is 3.45. The van der Waals surface area contributed by atoms with Gasteiger partial charge in [0.15, 0.2) is 0 Å². The first-order valence-electron chi connectivity index (χ1n) is 10.0. The molecule has 1 aliphatic heterocycles. The van der Waals surface area contributed by atoms with Gasteiger partial charge in [0.05, 0.1) is 23.9 Å². The number of sulfonamides is 1. The average Bonchev–Trinajstić information content (AvgIpc) is 3.16. The number of aryl methyl sites for hydroxylation is 1. The van der Waals surface area contributed by atoms with Crippen LogP contribution < -0.4 is 5.32 Å². The van der Waals surface area contributed by atoms with Gasteiger partial charge in [0.25, 0.3) is 5.91 Å². The number of halogens is 1. The largest absolute Gasteiger partial charge is 0.379 e. The lowest BCUT2D eigenvalue weighted by molar-refractivity contribution is 0.0729. The molecule has 0 aliphatic carbocycles. The van der Waals surface area contributed by atoms with Gasteiger partial charge in [0.1, 0.15) is 15.6 Å². The highest BCUT2D eigenvalue weighted by atomic mass is 32.2. The third-order valence-electron chi connectivity index (χ3n) is 5.02. The Labute approximate surface area is 189 Å². The maximum atomic E-state index is 14.4. The summed E-state index contributed by atoms with van der Waals surface area (Å²) in [6.45, 7) is 2.57. The zero-order valence-electron chi connectivity index (χ0n) is 17.4. The zero-order chi connectivity index (χ0) is 22.7. The molecule has 2 heterocycles. The van der Waals surface area contributed by atoms with E-state index in [1.165, 1.54) is 21.7 Å². The minimum absolute atomic E-state index is 0.155. The topological polar surface area (TPSA) is 88.6 Å². The van der Waals surface area contributed by atoms with Crippen molar-refractivity contribution >= 4 is 33.0 Å². The first-order valence-corrected chi connectivity index (χ1v) is 12.3. The van der Waals surface area contributed by atoms with E-state index >= 15 is 0 Å². The minimum Gasteiger partial charge on any atom is -0.379 e. The summed E-state index contributed by atoms with van der Waals surface area (Å²) in [5, 5.41) is 3.48. The van der Waals surface area contributed by atoms with Crippen LogP contribution >= 0.6 is 11.3 Å². The Morgan fingerprint density at radius 1 is 1.19 bits per heavy atom. The van der Waals surface area contributed by atoms with Crippen LogP contribution in [-0.4, -0.2) is 49.9 Å². The van der Waals surface area contributed by atoms with Gasteiger partial charge in [0.2, 0.25) is 10.0 Å². The molecule has 3 aromatic rings. The van der Waals surface area contributed by atoms with E-state index < -0.39 is 26.6 Å². The fraction of sp³-hybridized carbons (Fsp3) is 0.273. The van der Waals surface area contributed by atoms with Gasteiger partial charge in [-0.05, 0) is 30.7 Å². The number of hydrogen-bond acceptors (Lipinski definition) is 6. The molecule has 1 saturated heterocycles. The molecule has 1 aliphatic rings. The Morgan fingerprint density at radius 3 is 2.62 bits per heavy atom. The summed E-state index contributed by atoms with van der Waals surface area (Å²) >= 11 is 1.28. The van der Waals surface area contributed by atoms with E-state index in [4.69, 9.17) is 4.74 Å². The summed E-state index contributed by atoms with van der Waals surface area (Å²) in [6.07, 6.45) is 0.609. The number of nitrogens with zero attached hydrogens (tertiary/aromatic N) is 2. The van der Waals surface area contributed by atoms with Crippen LogP contribution in [0.5, 0.6) is 0 Å². The number of ether oxygens (including phenoxy) is 1. The Hall–Kier alpha value is -2.66. The fourth-order valence-corrected chi connectivity index (χ4v) is 5.89. The number of amides is 1. The molecule has 0 unspecified atom stereocenters. The van der Waals surface area contributed by atoms with Gasteiger partial charge in [0, 0.05) is 25.2 Å². The maximum absolute atomic E-state index is 14.4. The monoisotopic (exact) mass is 475 g/mol. The van der Waals surface area contributed by atoms with Crippen LogP contribution in [0.15, 0.2) is 53.4 Å². The Balaban J connectivity index is 1.53. The summed E-state index contributed by atoms with van der Waals surface area (Å²) in [7, 11) is -4.04. The highest BCUT2D eigenvalue weighted by Crippen LogP contribution is 2.26. The predicted molar refractivity (Wildman–Crippen MR) is 120 cm³/mol. The van der Waals surface area contributed by atoms with Gasteiger partial charge in [-0.1, -0.05) is 30.3 Å². The third kappa shape index (κ3) is 4.88. The van der Waals surface area contributed by atoms with Gasteiger partial charge in [-0.2, -0.15) is 4.31 Å². The van der Waals surface area contributed by atoms with Crippen LogP contribution in [0, 0.1) is 12.7 Å². The summed E-state index contributed by atoms with van der Waals surface area (Å²) in [5.74, 6) is -1.28. The molecule has 0 saturated carbocycles. The van der Waals surface area contributed by atoms with E-state index in [2.05, 4.69) is 10.3 Å². The number of anilines is 1. The quantitative estimate of drug-likeness (QED) is 0.590. The summed E-state index contributed by atoms with van der Waals surface area (Å²) < 4.78 is 46.5. The van der Waals surface area contributed by atoms with Crippen molar-refractivity contribution in [3.63, 3.8) is 0 Å². The molecule has 1 fully saturated rings. The van der Waals surface area contributed by atoms with Crippen LogP contribution in [0.25, 0.3) is 0 Å². The van der Waals surface area contributed by atoms with Crippen molar-refractivity contribution in [2.75, 3.05) is 31.6 Å². The molecule has 2 aromatic carbocycles. The molecule has 32 heavy (non-hydrogen) atoms. The van der Waals surface area contributed by atoms with Crippen molar-refractivity contribution in [1.29, 1.82) is 0 Å². The van der Waals surface area contributed by atoms with E-state index in [1.54, 1.807) is 6.92 Å². The van der Waals surface area contributed by atoms with Crippen molar-refractivity contribution in [3.05, 3.63) is 75.5 Å². The first-order chi connectivity index (χ1) is 15.3.